The van der Waals surface area contributed by atoms with Gasteiger partial charge in [0.2, 0.25) is 5.95 Å². The minimum absolute atomic E-state index is 0.475. The average Bonchev–Trinajstić information content (AvgIpc) is 2.42. The van der Waals surface area contributed by atoms with Crippen molar-refractivity contribution < 1.29 is 9.47 Å². The molecular weight excluding hydrogens is 381 g/mol. The van der Waals surface area contributed by atoms with Crippen LogP contribution in [-0.2, 0) is 0 Å². The van der Waals surface area contributed by atoms with Crippen LogP contribution in [0, 0.1) is 3.57 Å². The zero-order valence-electron chi connectivity index (χ0n) is 10.3. The molecule has 19 heavy (non-hydrogen) atoms. The summed E-state index contributed by atoms with van der Waals surface area (Å²) in [6.07, 6.45) is 3.44. The molecule has 0 bridgehead atoms. The monoisotopic (exact) mass is 391 g/mol. The molecule has 1 aromatic heterocycles. The molecule has 1 heterocycles. The number of ether oxygens (including phenoxy) is 2. The highest BCUT2D eigenvalue weighted by Crippen LogP contribution is 2.36. The highest BCUT2D eigenvalue weighted by atomic mass is 127. The molecule has 0 aliphatic heterocycles. The van der Waals surface area contributed by atoms with E-state index in [1.165, 1.54) is 0 Å². The third-order valence-corrected chi connectivity index (χ3v) is 3.19. The molecule has 0 saturated carbocycles. The summed E-state index contributed by atoms with van der Waals surface area (Å²) in [5.74, 6) is 1.62. The molecule has 100 valence electrons. The largest absolute Gasteiger partial charge is 0.495 e. The summed E-state index contributed by atoms with van der Waals surface area (Å²) in [6, 6.07) is 3.41. The fourth-order valence-corrected chi connectivity index (χ4v) is 1.96. The number of anilines is 2. The van der Waals surface area contributed by atoms with Gasteiger partial charge in [0, 0.05) is 28.1 Å². The van der Waals surface area contributed by atoms with E-state index >= 15 is 0 Å². The summed E-state index contributed by atoms with van der Waals surface area (Å²) in [5, 5.41) is 3.54. The molecule has 0 atom stereocenters. The van der Waals surface area contributed by atoms with Gasteiger partial charge in [0.05, 0.1) is 24.9 Å². The summed E-state index contributed by atoms with van der Waals surface area (Å²) in [4.78, 5) is 8.34. The van der Waals surface area contributed by atoms with Crippen LogP contribution in [0.15, 0.2) is 24.5 Å². The zero-order chi connectivity index (χ0) is 13.8. The first-order valence-electron chi connectivity index (χ1n) is 5.30. The molecule has 5 nitrogen and oxygen atoms in total. The Balaban J connectivity index is 2.35. The highest BCUT2D eigenvalue weighted by Gasteiger charge is 2.11. The minimum atomic E-state index is 0.475. The quantitative estimate of drug-likeness (QED) is 0.809. The standard InChI is InChI=1S/C12H11ClIN3O2/c1-18-10-4-9(11(19-2)3-8(10)13)17-12-15-5-7(14)6-16-12/h3-6H,1-2H3,(H,15,16,17). The van der Waals surface area contributed by atoms with Gasteiger partial charge in [-0.1, -0.05) is 11.6 Å². The van der Waals surface area contributed by atoms with Crippen LogP contribution in [0.4, 0.5) is 11.6 Å². The summed E-state index contributed by atoms with van der Waals surface area (Å²) in [7, 11) is 3.12. The second-order valence-electron chi connectivity index (χ2n) is 3.54. The van der Waals surface area contributed by atoms with Gasteiger partial charge in [-0.15, -0.1) is 0 Å². The van der Waals surface area contributed by atoms with Crippen LogP contribution in [-0.4, -0.2) is 24.2 Å². The van der Waals surface area contributed by atoms with Crippen molar-refractivity contribution in [1.29, 1.82) is 0 Å². The van der Waals surface area contributed by atoms with Crippen LogP contribution in [0.2, 0.25) is 5.02 Å². The predicted molar refractivity (Wildman–Crippen MR) is 82.6 cm³/mol. The maximum atomic E-state index is 6.04. The van der Waals surface area contributed by atoms with Crippen molar-refractivity contribution in [3.8, 4) is 11.5 Å². The second kappa shape index (κ2) is 6.25. The van der Waals surface area contributed by atoms with Crippen LogP contribution < -0.4 is 14.8 Å². The Hall–Kier alpha value is -1.28. The Labute approximate surface area is 129 Å². The smallest absolute Gasteiger partial charge is 0.227 e. The molecule has 0 unspecified atom stereocenters. The number of nitrogens with one attached hydrogen (secondary N) is 1. The maximum absolute atomic E-state index is 6.04. The van der Waals surface area contributed by atoms with Crippen molar-refractivity contribution in [3.63, 3.8) is 0 Å². The molecule has 0 aliphatic rings. The van der Waals surface area contributed by atoms with E-state index in [1.54, 1.807) is 38.7 Å². The third kappa shape index (κ3) is 3.38. The molecule has 2 rings (SSSR count). The molecule has 2 aromatic rings. The number of rotatable bonds is 4. The normalized spacial score (nSPS) is 10.1. The van der Waals surface area contributed by atoms with Gasteiger partial charge < -0.3 is 14.8 Å². The van der Waals surface area contributed by atoms with Crippen molar-refractivity contribution in [3.05, 3.63) is 33.1 Å². The Bertz CT molecular complexity index is 578. The van der Waals surface area contributed by atoms with Crippen molar-refractivity contribution in [1.82, 2.24) is 9.97 Å². The van der Waals surface area contributed by atoms with E-state index in [2.05, 4.69) is 37.9 Å². The minimum Gasteiger partial charge on any atom is -0.495 e. The van der Waals surface area contributed by atoms with Crippen molar-refractivity contribution in [2.24, 2.45) is 0 Å². The van der Waals surface area contributed by atoms with Gasteiger partial charge in [-0.25, -0.2) is 9.97 Å². The van der Waals surface area contributed by atoms with Crippen molar-refractivity contribution in [2.45, 2.75) is 0 Å². The Morgan fingerprint density at radius 1 is 1.11 bits per heavy atom. The van der Waals surface area contributed by atoms with E-state index < -0.39 is 0 Å². The Kier molecular flexibility index (Phi) is 4.65. The van der Waals surface area contributed by atoms with Gasteiger partial charge in [-0.05, 0) is 22.6 Å². The molecule has 0 fully saturated rings. The first-order valence-corrected chi connectivity index (χ1v) is 6.76. The second-order valence-corrected chi connectivity index (χ2v) is 5.19. The maximum Gasteiger partial charge on any atom is 0.227 e. The number of benzene rings is 1. The first kappa shape index (κ1) is 14.1. The highest BCUT2D eigenvalue weighted by molar-refractivity contribution is 14.1. The number of aromatic nitrogens is 2. The number of hydrogen-bond donors (Lipinski definition) is 1. The SMILES string of the molecule is COc1cc(Nc2ncc(I)cn2)c(OC)cc1Cl. The van der Waals surface area contributed by atoms with Gasteiger partial charge in [0.25, 0.3) is 0 Å². The molecule has 0 aliphatic carbocycles. The molecular formula is C12H11ClIN3O2. The first-order chi connectivity index (χ1) is 9.13. The molecule has 0 radical (unpaired) electrons. The fraction of sp³-hybridized carbons (Fsp3) is 0.167. The van der Waals surface area contributed by atoms with Gasteiger partial charge in [-0.2, -0.15) is 0 Å². The van der Waals surface area contributed by atoms with E-state index in [0.29, 0.717) is 28.2 Å². The summed E-state index contributed by atoms with van der Waals surface area (Å²) in [6.45, 7) is 0. The van der Waals surface area contributed by atoms with Crippen LogP contribution in [0.3, 0.4) is 0 Å². The van der Waals surface area contributed by atoms with E-state index in [-0.39, 0.29) is 0 Å². The number of nitrogens with zero attached hydrogens (tertiary/aromatic N) is 2. The molecule has 7 heteroatoms. The molecule has 0 saturated heterocycles. The fourth-order valence-electron chi connectivity index (χ4n) is 1.46. The van der Waals surface area contributed by atoms with Gasteiger partial charge in [0.15, 0.2) is 0 Å². The van der Waals surface area contributed by atoms with E-state index in [0.717, 1.165) is 3.57 Å². The van der Waals surface area contributed by atoms with Crippen LogP contribution >= 0.6 is 34.2 Å². The van der Waals surface area contributed by atoms with Crippen LogP contribution in [0.5, 0.6) is 11.5 Å². The van der Waals surface area contributed by atoms with Crippen LogP contribution in [0.25, 0.3) is 0 Å². The molecule has 1 aromatic carbocycles. The summed E-state index contributed by atoms with van der Waals surface area (Å²) in [5.41, 5.74) is 0.685. The lowest BCUT2D eigenvalue weighted by atomic mass is 10.2. The number of methoxy groups -OCH3 is 2. The lowest BCUT2D eigenvalue weighted by Gasteiger charge is -2.12. The zero-order valence-corrected chi connectivity index (χ0v) is 13.2. The van der Waals surface area contributed by atoms with E-state index in [4.69, 9.17) is 21.1 Å². The molecule has 0 amide bonds. The average molecular weight is 392 g/mol. The summed E-state index contributed by atoms with van der Waals surface area (Å²) >= 11 is 8.18. The predicted octanol–water partition coefficient (Wildman–Crippen LogP) is 3.50. The van der Waals surface area contributed by atoms with Crippen LogP contribution in [0.1, 0.15) is 0 Å². The molecule has 1 N–H and O–H groups in total. The Morgan fingerprint density at radius 3 is 2.32 bits per heavy atom. The van der Waals surface area contributed by atoms with E-state index in [9.17, 15) is 0 Å². The molecule has 0 spiro atoms. The van der Waals surface area contributed by atoms with Gasteiger partial charge in [0.1, 0.15) is 11.5 Å². The van der Waals surface area contributed by atoms with E-state index in [1.807, 2.05) is 0 Å². The summed E-state index contributed by atoms with van der Waals surface area (Å²) < 4.78 is 11.4. The van der Waals surface area contributed by atoms with Gasteiger partial charge >= 0.3 is 0 Å². The lowest BCUT2D eigenvalue weighted by molar-refractivity contribution is 0.405. The van der Waals surface area contributed by atoms with Gasteiger partial charge in [-0.3, -0.25) is 0 Å². The number of hydrogen-bond acceptors (Lipinski definition) is 5. The lowest BCUT2D eigenvalue weighted by Crippen LogP contribution is -2.00. The topological polar surface area (TPSA) is 56.3 Å². The third-order valence-electron chi connectivity index (χ3n) is 2.34. The Morgan fingerprint density at radius 2 is 1.74 bits per heavy atom. The number of halogens is 2. The van der Waals surface area contributed by atoms with Crippen molar-refractivity contribution in [2.75, 3.05) is 19.5 Å². The van der Waals surface area contributed by atoms with Crippen molar-refractivity contribution >= 4 is 45.8 Å².